The maximum atomic E-state index is 11.8. The standard InChI is InChI=1S/C17H28N2O2/c1-6-14(5)19-16(20)11-21-17-12(3)8-15(9-13(17)4)10-18-7-2/h8-9,14,18H,6-7,10-11H2,1-5H3,(H,19,20). The fourth-order valence-electron chi connectivity index (χ4n) is 2.20. The molecule has 1 amide bonds. The van der Waals surface area contributed by atoms with Crippen molar-refractivity contribution in [2.75, 3.05) is 13.2 Å². The molecule has 0 aliphatic heterocycles. The molecule has 1 aromatic rings. The SMILES string of the molecule is CCNCc1cc(C)c(OCC(=O)NC(C)CC)c(C)c1. The van der Waals surface area contributed by atoms with Gasteiger partial charge in [-0.3, -0.25) is 4.79 Å². The topological polar surface area (TPSA) is 50.4 Å². The Kier molecular flexibility index (Phi) is 7.23. The van der Waals surface area contributed by atoms with E-state index in [4.69, 9.17) is 4.74 Å². The third-order valence-corrected chi connectivity index (χ3v) is 3.47. The number of amides is 1. The van der Waals surface area contributed by atoms with E-state index in [1.54, 1.807) is 0 Å². The molecule has 0 saturated carbocycles. The van der Waals surface area contributed by atoms with Crippen LogP contribution in [0.1, 0.15) is 43.9 Å². The summed E-state index contributed by atoms with van der Waals surface area (Å²) < 4.78 is 5.70. The van der Waals surface area contributed by atoms with Crippen molar-refractivity contribution in [1.29, 1.82) is 0 Å². The fraction of sp³-hybridized carbons (Fsp3) is 0.588. The first-order valence-corrected chi connectivity index (χ1v) is 7.70. The van der Waals surface area contributed by atoms with E-state index in [1.807, 2.05) is 27.7 Å². The number of rotatable bonds is 8. The number of hydrogen-bond acceptors (Lipinski definition) is 3. The summed E-state index contributed by atoms with van der Waals surface area (Å²) in [5.74, 6) is 0.745. The van der Waals surface area contributed by atoms with Gasteiger partial charge in [0.2, 0.25) is 0 Å². The van der Waals surface area contributed by atoms with Gasteiger partial charge in [-0.15, -0.1) is 0 Å². The van der Waals surface area contributed by atoms with Crippen molar-refractivity contribution in [3.63, 3.8) is 0 Å². The van der Waals surface area contributed by atoms with Crippen LogP contribution in [0.4, 0.5) is 0 Å². The lowest BCUT2D eigenvalue weighted by Crippen LogP contribution is -2.35. The molecule has 0 spiro atoms. The zero-order chi connectivity index (χ0) is 15.8. The lowest BCUT2D eigenvalue weighted by molar-refractivity contribution is -0.123. The molecule has 1 unspecified atom stereocenters. The summed E-state index contributed by atoms with van der Waals surface area (Å²) >= 11 is 0. The van der Waals surface area contributed by atoms with Crippen molar-refractivity contribution >= 4 is 5.91 Å². The molecule has 0 radical (unpaired) electrons. The van der Waals surface area contributed by atoms with Crippen molar-refractivity contribution in [2.24, 2.45) is 0 Å². The minimum absolute atomic E-state index is 0.0680. The van der Waals surface area contributed by atoms with Crippen molar-refractivity contribution in [1.82, 2.24) is 10.6 Å². The Bertz CT molecular complexity index is 449. The number of aryl methyl sites for hydroxylation is 2. The molecule has 0 aromatic heterocycles. The minimum atomic E-state index is -0.0696. The van der Waals surface area contributed by atoms with Crippen LogP contribution in [0.15, 0.2) is 12.1 Å². The highest BCUT2D eigenvalue weighted by molar-refractivity contribution is 5.77. The van der Waals surface area contributed by atoms with Gasteiger partial charge in [0.15, 0.2) is 6.61 Å². The second kappa shape index (κ2) is 8.67. The van der Waals surface area contributed by atoms with Gasteiger partial charge in [0.25, 0.3) is 5.91 Å². The van der Waals surface area contributed by atoms with Crippen LogP contribution in [0.3, 0.4) is 0 Å². The van der Waals surface area contributed by atoms with Gasteiger partial charge < -0.3 is 15.4 Å². The summed E-state index contributed by atoms with van der Waals surface area (Å²) in [6.07, 6.45) is 0.920. The highest BCUT2D eigenvalue weighted by atomic mass is 16.5. The van der Waals surface area contributed by atoms with Crippen LogP contribution in [0.2, 0.25) is 0 Å². The Morgan fingerprint density at radius 1 is 1.24 bits per heavy atom. The molecule has 0 fully saturated rings. The molecular weight excluding hydrogens is 264 g/mol. The third-order valence-electron chi connectivity index (χ3n) is 3.47. The molecule has 1 atom stereocenters. The second-order valence-electron chi connectivity index (χ2n) is 5.50. The van der Waals surface area contributed by atoms with Gasteiger partial charge >= 0.3 is 0 Å². The van der Waals surface area contributed by atoms with Gasteiger partial charge in [-0.25, -0.2) is 0 Å². The normalized spacial score (nSPS) is 12.0. The van der Waals surface area contributed by atoms with Crippen LogP contribution in [-0.4, -0.2) is 25.1 Å². The van der Waals surface area contributed by atoms with Gasteiger partial charge in [-0.1, -0.05) is 26.0 Å². The molecule has 4 nitrogen and oxygen atoms in total. The van der Waals surface area contributed by atoms with Crippen molar-refractivity contribution in [3.05, 3.63) is 28.8 Å². The van der Waals surface area contributed by atoms with Crippen LogP contribution in [0.5, 0.6) is 5.75 Å². The number of carbonyl (C=O) groups excluding carboxylic acids is 1. The predicted molar refractivity (Wildman–Crippen MR) is 86.7 cm³/mol. The Hall–Kier alpha value is -1.55. The summed E-state index contributed by atoms with van der Waals surface area (Å²) in [5, 5.41) is 6.22. The first-order valence-electron chi connectivity index (χ1n) is 7.70. The quantitative estimate of drug-likeness (QED) is 0.774. The molecule has 2 N–H and O–H groups in total. The zero-order valence-corrected chi connectivity index (χ0v) is 13.9. The molecule has 0 saturated heterocycles. The number of hydrogen-bond donors (Lipinski definition) is 2. The van der Waals surface area contributed by atoms with E-state index in [1.165, 1.54) is 5.56 Å². The van der Waals surface area contributed by atoms with Gasteiger partial charge in [0.05, 0.1) is 0 Å². The molecule has 0 bridgehead atoms. The van der Waals surface area contributed by atoms with Crippen LogP contribution in [0.25, 0.3) is 0 Å². The Morgan fingerprint density at radius 2 is 1.86 bits per heavy atom. The van der Waals surface area contributed by atoms with E-state index in [0.717, 1.165) is 36.4 Å². The first kappa shape index (κ1) is 17.5. The smallest absolute Gasteiger partial charge is 0.258 e. The van der Waals surface area contributed by atoms with Crippen LogP contribution in [0, 0.1) is 13.8 Å². The molecule has 0 aliphatic rings. The number of benzene rings is 1. The van der Waals surface area contributed by atoms with E-state index >= 15 is 0 Å². The fourth-order valence-corrected chi connectivity index (χ4v) is 2.20. The Labute approximate surface area is 128 Å². The highest BCUT2D eigenvalue weighted by Crippen LogP contribution is 2.24. The average molecular weight is 292 g/mol. The van der Waals surface area contributed by atoms with Crippen molar-refractivity contribution < 1.29 is 9.53 Å². The Balaban J connectivity index is 2.65. The molecule has 21 heavy (non-hydrogen) atoms. The lowest BCUT2D eigenvalue weighted by atomic mass is 10.1. The van der Waals surface area contributed by atoms with Crippen LogP contribution in [-0.2, 0) is 11.3 Å². The van der Waals surface area contributed by atoms with E-state index in [2.05, 4.69) is 29.7 Å². The van der Waals surface area contributed by atoms with E-state index < -0.39 is 0 Å². The maximum Gasteiger partial charge on any atom is 0.258 e. The Morgan fingerprint density at radius 3 is 2.38 bits per heavy atom. The second-order valence-corrected chi connectivity index (χ2v) is 5.50. The lowest BCUT2D eigenvalue weighted by Gasteiger charge is -2.16. The molecule has 0 heterocycles. The minimum Gasteiger partial charge on any atom is -0.483 e. The summed E-state index contributed by atoms with van der Waals surface area (Å²) in [6.45, 7) is 12.0. The highest BCUT2D eigenvalue weighted by Gasteiger charge is 2.10. The molecule has 4 heteroatoms. The van der Waals surface area contributed by atoms with Gasteiger partial charge in [-0.2, -0.15) is 0 Å². The van der Waals surface area contributed by atoms with Crippen LogP contribution >= 0.6 is 0 Å². The maximum absolute atomic E-state index is 11.8. The van der Waals surface area contributed by atoms with E-state index in [-0.39, 0.29) is 18.6 Å². The number of nitrogens with one attached hydrogen (secondary N) is 2. The summed E-state index contributed by atoms with van der Waals surface area (Å²) in [6, 6.07) is 4.40. The molecule has 1 aromatic carbocycles. The molecule has 118 valence electrons. The van der Waals surface area contributed by atoms with Gasteiger partial charge in [-0.05, 0) is 50.4 Å². The largest absolute Gasteiger partial charge is 0.483 e. The van der Waals surface area contributed by atoms with Gasteiger partial charge in [0.1, 0.15) is 5.75 Å². The third kappa shape index (κ3) is 5.76. The van der Waals surface area contributed by atoms with Crippen molar-refractivity contribution in [3.8, 4) is 5.75 Å². The van der Waals surface area contributed by atoms with Crippen molar-refractivity contribution in [2.45, 2.75) is 53.6 Å². The van der Waals surface area contributed by atoms with E-state index in [0.29, 0.717) is 0 Å². The molecular formula is C17H28N2O2. The summed E-state index contributed by atoms with van der Waals surface area (Å²) in [4.78, 5) is 11.8. The zero-order valence-electron chi connectivity index (χ0n) is 13.9. The average Bonchev–Trinajstić information content (AvgIpc) is 2.43. The monoisotopic (exact) mass is 292 g/mol. The first-order chi connectivity index (χ1) is 9.97. The van der Waals surface area contributed by atoms with Crippen LogP contribution < -0.4 is 15.4 Å². The summed E-state index contributed by atoms with van der Waals surface area (Å²) in [5.41, 5.74) is 3.38. The van der Waals surface area contributed by atoms with E-state index in [9.17, 15) is 4.79 Å². The predicted octanol–water partition coefficient (Wildman–Crippen LogP) is 2.71. The summed E-state index contributed by atoms with van der Waals surface area (Å²) in [7, 11) is 0. The molecule has 1 rings (SSSR count). The van der Waals surface area contributed by atoms with Gasteiger partial charge in [0, 0.05) is 12.6 Å². The number of ether oxygens (including phenoxy) is 1. The number of carbonyl (C=O) groups is 1. The molecule has 0 aliphatic carbocycles.